The second-order valence-corrected chi connectivity index (χ2v) is 5.26. The van der Waals surface area contributed by atoms with Crippen molar-refractivity contribution >= 4 is 27.9 Å². The van der Waals surface area contributed by atoms with Crippen LogP contribution in [0.4, 0.5) is 5.69 Å². The maximum atomic E-state index is 11.1. The van der Waals surface area contributed by atoms with Gasteiger partial charge in [-0.25, -0.2) is 0 Å². The molecular weight excluding hydrogens is 278 g/mol. The number of aldehydes is 1. The summed E-state index contributed by atoms with van der Waals surface area (Å²) < 4.78 is 0.912. The fourth-order valence-corrected chi connectivity index (χ4v) is 2.26. The third kappa shape index (κ3) is 3.10. The van der Waals surface area contributed by atoms with Gasteiger partial charge in [-0.2, -0.15) is 0 Å². The van der Waals surface area contributed by atoms with Crippen molar-refractivity contribution in [2.75, 3.05) is 18.0 Å². The minimum absolute atomic E-state index is 0.555. The molecule has 1 aliphatic carbocycles. The molecule has 0 saturated heterocycles. The Morgan fingerprint density at radius 3 is 2.88 bits per heavy atom. The van der Waals surface area contributed by atoms with Gasteiger partial charge in [0.15, 0.2) is 6.29 Å². The van der Waals surface area contributed by atoms with Crippen molar-refractivity contribution in [3.8, 4) is 12.3 Å². The molecule has 1 saturated carbocycles. The second-order valence-electron chi connectivity index (χ2n) is 4.35. The Morgan fingerprint density at radius 1 is 1.53 bits per heavy atom. The maximum Gasteiger partial charge on any atom is 0.152 e. The summed E-state index contributed by atoms with van der Waals surface area (Å²) in [4.78, 5) is 13.2. The van der Waals surface area contributed by atoms with Gasteiger partial charge in [0.2, 0.25) is 0 Å². The van der Waals surface area contributed by atoms with Gasteiger partial charge in [0.05, 0.1) is 6.54 Å². The van der Waals surface area contributed by atoms with Crippen molar-refractivity contribution in [1.82, 2.24) is 0 Å². The number of rotatable bonds is 5. The highest BCUT2D eigenvalue weighted by atomic mass is 79.9. The molecule has 0 amide bonds. The third-order valence-electron chi connectivity index (χ3n) is 2.91. The van der Waals surface area contributed by atoms with Crippen LogP contribution in [-0.2, 0) is 0 Å². The van der Waals surface area contributed by atoms with Gasteiger partial charge >= 0.3 is 0 Å². The number of carbonyl (C=O) groups is 1. The Morgan fingerprint density at radius 2 is 2.29 bits per heavy atom. The first-order valence-electron chi connectivity index (χ1n) is 5.67. The van der Waals surface area contributed by atoms with E-state index in [0.717, 1.165) is 28.9 Å². The largest absolute Gasteiger partial charge is 0.360 e. The van der Waals surface area contributed by atoms with Crippen molar-refractivity contribution in [3.63, 3.8) is 0 Å². The van der Waals surface area contributed by atoms with E-state index in [1.165, 1.54) is 12.8 Å². The molecule has 0 bridgehead atoms. The molecule has 17 heavy (non-hydrogen) atoms. The summed E-state index contributed by atoms with van der Waals surface area (Å²) in [6.07, 6.45) is 8.82. The molecule has 0 spiro atoms. The zero-order chi connectivity index (χ0) is 12.3. The van der Waals surface area contributed by atoms with E-state index in [9.17, 15) is 4.79 Å². The summed E-state index contributed by atoms with van der Waals surface area (Å²) in [7, 11) is 0. The fourth-order valence-electron chi connectivity index (χ4n) is 1.88. The van der Waals surface area contributed by atoms with E-state index < -0.39 is 0 Å². The van der Waals surface area contributed by atoms with Crippen LogP contribution in [0.5, 0.6) is 0 Å². The van der Waals surface area contributed by atoms with Gasteiger partial charge in [0.25, 0.3) is 0 Å². The van der Waals surface area contributed by atoms with Crippen LogP contribution in [0.2, 0.25) is 0 Å². The van der Waals surface area contributed by atoms with E-state index in [1.807, 2.05) is 18.2 Å². The molecule has 88 valence electrons. The van der Waals surface area contributed by atoms with Gasteiger partial charge in [0.1, 0.15) is 0 Å². The number of nitrogens with zero attached hydrogens (tertiary/aromatic N) is 1. The van der Waals surface area contributed by atoms with Gasteiger partial charge in [-0.15, -0.1) is 6.42 Å². The SMILES string of the molecule is C#CCN(CC1CC1)c1ccc(Br)cc1C=O. The zero-order valence-electron chi connectivity index (χ0n) is 9.53. The standard InChI is InChI=1S/C14H14BrNO/c1-2-7-16(9-11-3-4-11)14-6-5-13(15)8-12(14)10-17/h1,5-6,8,10-11H,3-4,7,9H2. The molecule has 0 aliphatic heterocycles. The Kier molecular flexibility index (Phi) is 3.86. The minimum atomic E-state index is 0.555. The van der Waals surface area contributed by atoms with E-state index in [-0.39, 0.29) is 0 Å². The highest BCUT2D eigenvalue weighted by molar-refractivity contribution is 9.10. The summed E-state index contributed by atoms with van der Waals surface area (Å²) in [6, 6.07) is 5.73. The summed E-state index contributed by atoms with van der Waals surface area (Å²) >= 11 is 3.37. The smallest absolute Gasteiger partial charge is 0.152 e. The van der Waals surface area contributed by atoms with Gasteiger partial charge in [-0.05, 0) is 37.0 Å². The third-order valence-corrected chi connectivity index (χ3v) is 3.41. The summed E-state index contributed by atoms with van der Waals surface area (Å²) in [5, 5.41) is 0. The Balaban J connectivity index is 2.27. The van der Waals surface area contributed by atoms with Crippen LogP contribution in [0.25, 0.3) is 0 Å². The van der Waals surface area contributed by atoms with Gasteiger partial charge in [-0.3, -0.25) is 4.79 Å². The molecule has 0 N–H and O–H groups in total. The maximum absolute atomic E-state index is 11.1. The van der Waals surface area contributed by atoms with E-state index in [4.69, 9.17) is 6.42 Å². The number of anilines is 1. The predicted octanol–water partition coefficient (Wildman–Crippen LogP) is 3.11. The summed E-state index contributed by atoms with van der Waals surface area (Å²) in [5.74, 6) is 3.41. The van der Waals surface area contributed by atoms with Crippen molar-refractivity contribution in [3.05, 3.63) is 28.2 Å². The lowest BCUT2D eigenvalue weighted by atomic mass is 10.1. The van der Waals surface area contributed by atoms with E-state index in [2.05, 4.69) is 26.8 Å². The molecule has 1 aromatic carbocycles. The number of hydrogen-bond donors (Lipinski definition) is 0. The van der Waals surface area contributed by atoms with Crippen LogP contribution in [0.15, 0.2) is 22.7 Å². The Bertz CT molecular complexity index is 460. The van der Waals surface area contributed by atoms with Crippen LogP contribution in [0.1, 0.15) is 23.2 Å². The van der Waals surface area contributed by atoms with Crippen LogP contribution in [0.3, 0.4) is 0 Å². The van der Waals surface area contributed by atoms with Crippen molar-refractivity contribution in [1.29, 1.82) is 0 Å². The summed E-state index contributed by atoms with van der Waals surface area (Å²) in [6.45, 7) is 1.51. The molecule has 0 atom stereocenters. The van der Waals surface area contributed by atoms with Crippen molar-refractivity contribution < 1.29 is 4.79 Å². The predicted molar refractivity (Wildman–Crippen MR) is 73.3 cm³/mol. The first-order valence-corrected chi connectivity index (χ1v) is 6.47. The molecule has 0 unspecified atom stereocenters. The first-order chi connectivity index (χ1) is 8.24. The molecule has 3 heteroatoms. The van der Waals surface area contributed by atoms with Gasteiger partial charge < -0.3 is 4.90 Å². The molecule has 0 radical (unpaired) electrons. The van der Waals surface area contributed by atoms with Crippen LogP contribution < -0.4 is 4.90 Å². The van der Waals surface area contributed by atoms with Crippen molar-refractivity contribution in [2.45, 2.75) is 12.8 Å². The zero-order valence-corrected chi connectivity index (χ0v) is 11.1. The summed E-state index contributed by atoms with van der Waals surface area (Å²) in [5.41, 5.74) is 1.63. The lowest BCUT2D eigenvalue weighted by Gasteiger charge is -2.23. The molecular formula is C14H14BrNO. The van der Waals surface area contributed by atoms with Crippen LogP contribution in [-0.4, -0.2) is 19.4 Å². The van der Waals surface area contributed by atoms with E-state index >= 15 is 0 Å². The average molecular weight is 292 g/mol. The van der Waals surface area contributed by atoms with Crippen LogP contribution in [0, 0.1) is 18.3 Å². The topological polar surface area (TPSA) is 20.3 Å². The second kappa shape index (κ2) is 5.37. The molecule has 1 aromatic rings. The molecule has 1 aliphatic rings. The molecule has 1 fully saturated rings. The molecule has 2 nitrogen and oxygen atoms in total. The highest BCUT2D eigenvalue weighted by Crippen LogP contribution is 2.32. The fraction of sp³-hybridized carbons (Fsp3) is 0.357. The lowest BCUT2D eigenvalue weighted by molar-refractivity contribution is 0.112. The normalized spacial score (nSPS) is 14.1. The molecule has 2 rings (SSSR count). The van der Waals surface area contributed by atoms with Gasteiger partial charge in [-0.1, -0.05) is 21.9 Å². The number of terminal acetylenes is 1. The Hall–Kier alpha value is -1.27. The minimum Gasteiger partial charge on any atom is -0.360 e. The average Bonchev–Trinajstić information content (AvgIpc) is 3.12. The highest BCUT2D eigenvalue weighted by Gasteiger charge is 2.25. The van der Waals surface area contributed by atoms with Gasteiger partial charge in [0, 0.05) is 22.3 Å². The number of halogens is 1. The Labute approximate surface area is 110 Å². The van der Waals surface area contributed by atoms with Crippen LogP contribution >= 0.6 is 15.9 Å². The quantitative estimate of drug-likeness (QED) is 0.614. The van der Waals surface area contributed by atoms with E-state index in [1.54, 1.807) is 0 Å². The number of benzene rings is 1. The number of carbonyl (C=O) groups excluding carboxylic acids is 1. The first kappa shape index (κ1) is 12.2. The monoisotopic (exact) mass is 291 g/mol. The molecule has 0 aromatic heterocycles. The lowest BCUT2D eigenvalue weighted by Crippen LogP contribution is -2.27. The number of hydrogen-bond acceptors (Lipinski definition) is 2. The van der Waals surface area contributed by atoms with E-state index in [0.29, 0.717) is 12.1 Å². The molecule has 0 heterocycles. The van der Waals surface area contributed by atoms with Crippen molar-refractivity contribution in [2.24, 2.45) is 5.92 Å².